The van der Waals surface area contributed by atoms with Gasteiger partial charge < -0.3 is 10.6 Å². The van der Waals surface area contributed by atoms with Gasteiger partial charge in [0.2, 0.25) is 17.7 Å². The van der Waals surface area contributed by atoms with Crippen LogP contribution in [-0.4, -0.2) is 23.6 Å². The van der Waals surface area contributed by atoms with Gasteiger partial charge >= 0.3 is 0 Å². The minimum Gasteiger partial charge on any atom is -0.326 e. The molecule has 0 bridgehead atoms. The maximum Gasteiger partial charge on any atom is 0.255 e. The number of allylic oxidation sites excluding steroid dienone is 2. The van der Waals surface area contributed by atoms with Gasteiger partial charge in [-0.05, 0) is 74.7 Å². The van der Waals surface area contributed by atoms with Gasteiger partial charge in [0.1, 0.15) is 0 Å². The second kappa shape index (κ2) is 14.8. The highest BCUT2D eigenvalue weighted by Gasteiger charge is 2.48. The van der Waals surface area contributed by atoms with Crippen molar-refractivity contribution in [3.05, 3.63) is 65.7 Å². The number of carbonyl (C=O) groups excluding carboxylic acids is 4. The molecule has 4 amide bonds. The fourth-order valence-corrected chi connectivity index (χ4v) is 5.71. The Labute approximate surface area is 243 Å². The molecule has 7 nitrogen and oxygen atoms in total. The minimum atomic E-state index is -0.300. The summed E-state index contributed by atoms with van der Waals surface area (Å²) in [5.74, 6) is -1.21. The quantitative estimate of drug-likeness (QED) is 0.142. The van der Waals surface area contributed by atoms with Crippen LogP contribution in [0, 0.1) is 11.8 Å². The molecule has 1 heterocycles. The molecule has 2 atom stereocenters. The predicted octanol–water partition coefficient (Wildman–Crippen LogP) is 7.64. The van der Waals surface area contributed by atoms with Crippen molar-refractivity contribution in [1.29, 1.82) is 0 Å². The number of fused-ring (bicyclic) bond motifs is 1. The fourth-order valence-electron chi connectivity index (χ4n) is 5.71. The van der Waals surface area contributed by atoms with E-state index in [0.29, 0.717) is 41.9 Å². The van der Waals surface area contributed by atoms with E-state index < -0.39 is 0 Å². The van der Waals surface area contributed by atoms with Gasteiger partial charge in [0, 0.05) is 23.4 Å². The Bertz CT molecular complexity index is 1250. The highest BCUT2D eigenvalue weighted by atomic mass is 16.2. The summed E-state index contributed by atoms with van der Waals surface area (Å²) < 4.78 is 0. The molecular formula is C34H43N3O4. The smallest absolute Gasteiger partial charge is 0.255 e. The molecule has 1 aliphatic heterocycles. The number of unbranched alkanes of at least 4 members (excludes halogenated alkanes) is 8. The number of nitrogens with zero attached hydrogens (tertiary/aromatic N) is 1. The van der Waals surface area contributed by atoms with Crippen molar-refractivity contribution < 1.29 is 19.2 Å². The first-order chi connectivity index (χ1) is 19.9. The number of rotatable bonds is 14. The summed E-state index contributed by atoms with van der Waals surface area (Å²) in [5, 5.41) is 5.78. The van der Waals surface area contributed by atoms with E-state index in [9.17, 15) is 19.2 Å². The van der Waals surface area contributed by atoms with Crippen LogP contribution in [-0.2, 0) is 14.4 Å². The predicted molar refractivity (Wildman–Crippen MR) is 164 cm³/mol. The van der Waals surface area contributed by atoms with E-state index in [1.807, 2.05) is 13.0 Å². The molecule has 1 saturated heterocycles. The van der Waals surface area contributed by atoms with E-state index in [1.165, 1.54) is 49.8 Å². The maximum atomic E-state index is 12.9. The SMILES string of the molecule is CCCCCCCCCCCC(=O)Nc1ccc(NC(=O)c2ccc(N3C(=O)[C@H]4CC=C(C)C[C@@H]4C3=O)cc2)cc1. The lowest BCUT2D eigenvalue weighted by Crippen LogP contribution is -2.30. The van der Waals surface area contributed by atoms with Gasteiger partial charge in [-0.2, -0.15) is 0 Å². The van der Waals surface area contributed by atoms with Gasteiger partial charge in [-0.15, -0.1) is 0 Å². The van der Waals surface area contributed by atoms with Crippen molar-refractivity contribution in [3.63, 3.8) is 0 Å². The Morgan fingerprint density at radius 1 is 0.756 bits per heavy atom. The summed E-state index contributed by atoms with van der Waals surface area (Å²) >= 11 is 0. The molecule has 2 aromatic carbocycles. The highest BCUT2D eigenvalue weighted by Crippen LogP contribution is 2.39. The van der Waals surface area contributed by atoms with Gasteiger partial charge in [0.05, 0.1) is 17.5 Å². The number of hydrogen-bond acceptors (Lipinski definition) is 4. The molecular weight excluding hydrogens is 514 g/mol. The van der Waals surface area contributed by atoms with Crippen molar-refractivity contribution in [2.24, 2.45) is 11.8 Å². The zero-order valence-electron chi connectivity index (χ0n) is 24.4. The van der Waals surface area contributed by atoms with Gasteiger partial charge in [0.15, 0.2) is 0 Å². The summed E-state index contributed by atoms with van der Waals surface area (Å²) in [6, 6.07) is 13.6. The molecule has 0 radical (unpaired) electrons. The zero-order valence-corrected chi connectivity index (χ0v) is 24.4. The van der Waals surface area contributed by atoms with Crippen molar-refractivity contribution in [2.75, 3.05) is 15.5 Å². The van der Waals surface area contributed by atoms with Gasteiger partial charge in [-0.3, -0.25) is 24.1 Å². The standard InChI is InChI=1S/C34H43N3O4/c1-3-4-5-6-7-8-9-10-11-12-31(38)35-26-16-18-27(19-17-26)36-32(39)25-14-20-28(21-15-25)37-33(40)29-22-13-24(2)23-30(29)34(37)41/h13-21,29-30H,3-12,22-23H2,1-2H3,(H,35,38)(H,36,39)/t29-,30-/m0/s1. The molecule has 2 N–H and O–H groups in total. The Morgan fingerprint density at radius 2 is 1.32 bits per heavy atom. The van der Waals surface area contributed by atoms with Crippen molar-refractivity contribution in [2.45, 2.75) is 90.9 Å². The van der Waals surface area contributed by atoms with Crippen LogP contribution >= 0.6 is 0 Å². The lowest BCUT2D eigenvalue weighted by molar-refractivity contribution is -0.122. The fraction of sp³-hybridized carbons (Fsp3) is 0.471. The van der Waals surface area contributed by atoms with E-state index in [2.05, 4.69) is 17.6 Å². The molecule has 7 heteroatoms. The largest absolute Gasteiger partial charge is 0.326 e. The third-order valence-corrected chi connectivity index (χ3v) is 8.14. The van der Waals surface area contributed by atoms with E-state index in [-0.39, 0.29) is 35.5 Å². The molecule has 0 spiro atoms. The summed E-state index contributed by atoms with van der Waals surface area (Å²) in [4.78, 5) is 52.2. The Morgan fingerprint density at radius 3 is 1.95 bits per heavy atom. The number of imide groups is 1. The van der Waals surface area contributed by atoms with Crippen LogP contribution in [0.2, 0.25) is 0 Å². The minimum absolute atomic E-state index is 0.00503. The first-order valence-electron chi connectivity index (χ1n) is 15.2. The van der Waals surface area contributed by atoms with Crippen molar-refractivity contribution >= 4 is 40.7 Å². The monoisotopic (exact) mass is 557 g/mol. The summed E-state index contributed by atoms with van der Waals surface area (Å²) in [6.07, 6.45) is 14.7. The lowest BCUT2D eigenvalue weighted by atomic mass is 9.82. The number of carbonyl (C=O) groups is 4. The van der Waals surface area contributed by atoms with Gasteiger partial charge in [0.25, 0.3) is 5.91 Å². The Balaban J connectivity index is 1.20. The first-order valence-corrected chi connectivity index (χ1v) is 15.2. The van der Waals surface area contributed by atoms with E-state index >= 15 is 0 Å². The van der Waals surface area contributed by atoms with E-state index in [1.54, 1.807) is 48.5 Å². The Kier molecular flexibility index (Phi) is 10.9. The lowest BCUT2D eigenvalue weighted by Gasteiger charge is -2.18. The number of anilines is 3. The van der Waals surface area contributed by atoms with Crippen molar-refractivity contribution in [1.82, 2.24) is 0 Å². The van der Waals surface area contributed by atoms with Crippen LogP contribution in [0.5, 0.6) is 0 Å². The summed E-state index contributed by atoms with van der Waals surface area (Å²) in [6.45, 7) is 4.22. The van der Waals surface area contributed by atoms with Crippen LogP contribution in [0.1, 0.15) is 101 Å². The van der Waals surface area contributed by atoms with Crippen molar-refractivity contribution in [3.8, 4) is 0 Å². The molecule has 0 saturated carbocycles. The number of hydrogen-bond donors (Lipinski definition) is 2. The molecule has 0 aromatic heterocycles. The number of benzene rings is 2. The third kappa shape index (κ3) is 8.15. The zero-order chi connectivity index (χ0) is 29.2. The topological polar surface area (TPSA) is 95.6 Å². The average molecular weight is 558 g/mol. The number of amides is 4. The van der Waals surface area contributed by atoms with E-state index in [0.717, 1.165) is 18.4 Å². The van der Waals surface area contributed by atoms with Crippen LogP contribution < -0.4 is 15.5 Å². The molecule has 4 rings (SSSR count). The van der Waals surface area contributed by atoms with Gasteiger partial charge in [-0.1, -0.05) is 69.9 Å². The molecule has 0 unspecified atom stereocenters. The Hall–Kier alpha value is -3.74. The number of nitrogens with one attached hydrogen (secondary N) is 2. The van der Waals surface area contributed by atoms with Crippen LogP contribution in [0.3, 0.4) is 0 Å². The van der Waals surface area contributed by atoms with Crippen LogP contribution in [0.4, 0.5) is 17.1 Å². The maximum absolute atomic E-state index is 12.9. The van der Waals surface area contributed by atoms with Crippen LogP contribution in [0.15, 0.2) is 60.2 Å². The average Bonchev–Trinajstić information content (AvgIpc) is 3.21. The molecule has 2 aromatic rings. The van der Waals surface area contributed by atoms with Gasteiger partial charge in [-0.25, -0.2) is 0 Å². The normalized spacial score (nSPS) is 18.2. The molecule has 1 aliphatic carbocycles. The molecule has 41 heavy (non-hydrogen) atoms. The third-order valence-electron chi connectivity index (χ3n) is 8.14. The summed E-state index contributed by atoms with van der Waals surface area (Å²) in [5.41, 5.74) is 3.35. The summed E-state index contributed by atoms with van der Waals surface area (Å²) in [7, 11) is 0. The second-order valence-corrected chi connectivity index (χ2v) is 11.4. The molecule has 2 aliphatic rings. The first kappa shape index (κ1) is 30.2. The van der Waals surface area contributed by atoms with Crippen LogP contribution in [0.25, 0.3) is 0 Å². The molecule has 1 fully saturated rings. The molecule has 218 valence electrons. The second-order valence-electron chi connectivity index (χ2n) is 11.4. The highest BCUT2D eigenvalue weighted by molar-refractivity contribution is 6.22. The van der Waals surface area contributed by atoms with E-state index in [4.69, 9.17) is 0 Å².